The van der Waals surface area contributed by atoms with Crippen molar-refractivity contribution in [3.63, 3.8) is 0 Å². The molecule has 1 aromatic heterocycles. The third kappa shape index (κ3) is 3.15. The van der Waals surface area contributed by atoms with Crippen molar-refractivity contribution in [2.24, 2.45) is 7.05 Å². The lowest BCUT2D eigenvalue weighted by Crippen LogP contribution is -2.27. The Balaban J connectivity index is 1.93. The Kier molecular flexibility index (Phi) is 3.89. The van der Waals surface area contributed by atoms with Gasteiger partial charge in [0.1, 0.15) is 0 Å². The van der Waals surface area contributed by atoms with Crippen LogP contribution in [-0.2, 0) is 13.5 Å². The fourth-order valence-electron chi connectivity index (χ4n) is 1.67. The zero-order valence-electron chi connectivity index (χ0n) is 10.4. The van der Waals surface area contributed by atoms with Gasteiger partial charge in [0.2, 0.25) is 0 Å². The number of hydrogen-bond donors (Lipinski definition) is 1. The van der Waals surface area contributed by atoms with Gasteiger partial charge in [-0.3, -0.25) is 9.48 Å². The Morgan fingerprint density at radius 2 is 2.16 bits per heavy atom. The maximum atomic E-state index is 13.4. The minimum atomic E-state index is -1.13. The Bertz CT molecular complexity index is 595. The monoisotopic (exact) mass is 265 g/mol. The van der Waals surface area contributed by atoms with Crippen molar-refractivity contribution in [3.8, 4) is 0 Å². The van der Waals surface area contributed by atoms with Gasteiger partial charge in [0.05, 0.1) is 11.3 Å². The summed E-state index contributed by atoms with van der Waals surface area (Å²) in [6.07, 6.45) is 2.33. The highest BCUT2D eigenvalue weighted by Gasteiger charge is 2.14. The average Bonchev–Trinajstić information content (AvgIpc) is 2.78. The molecular weight excluding hydrogens is 252 g/mol. The molecule has 0 bridgehead atoms. The van der Waals surface area contributed by atoms with E-state index in [0.717, 1.165) is 11.8 Å². The van der Waals surface area contributed by atoms with Gasteiger partial charge in [-0.25, -0.2) is 8.78 Å². The van der Waals surface area contributed by atoms with E-state index < -0.39 is 17.5 Å². The first-order chi connectivity index (χ1) is 9.08. The predicted molar refractivity (Wildman–Crippen MR) is 65.6 cm³/mol. The summed E-state index contributed by atoms with van der Waals surface area (Å²) < 4.78 is 28.0. The van der Waals surface area contributed by atoms with E-state index in [-0.39, 0.29) is 5.56 Å². The van der Waals surface area contributed by atoms with Crippen LogP contribution in [-0.4, -0.2) is 22.2 Å². The minimum absolute atomic E-state index is 0.291. The molecule has 0 saturated heterocycles. The number of nitrogens with one attached hydrogen (secondary N) is 1. The molecule has 0 spiro atoms. The molecule has 0 saturated carbocycles. The SMILES string of the molecule is Cn1ccc(CCNC(=O)c2cccc(F)c2F)n1. The minimum Gasteiger partial charge on any atom is -0.352 e. The quantitative estimate of drug-likeness (QED) is 0.914. The van der Waals surface area contributed by atoms with E-state index in [1.807, 2.05) is 6.07 Å². The smallest absolute Gasteiger partial charge is 0.254 e. The number of rotatable bonds is 4. The van der Waals surface area contributed by atoms with Crippen LogP contribution in [0.25, 0.3) is 0 Å². The number of carbonyl (C=O) groups is 1. The van der Waals surface area contributed by atoms with Crippen molar-refractivity contribution in [2.45, 2.75) is 6.42 Å². The molecule has 2 rings (SSSR count). The maximum absolute atomic E-state index is 13.4. The average molecular weight is 265 g/mol. The van der Waals surface area contributed by atoms with Crippen LogP contribution in [0.2, 0.25) is 0 Å². The lowest BCUT2D eigenvalue weighted by atomic mass is 10.2. The lowest BCUT2D eigenvalue weighted by molar-refractivity contribution is 0.0949. The fraction of sp³-hybridized carbons (Fsp3) is 0.231. The second-order valence-corrected chi connectivity index (χ2v) is 4.09. The first-order valence-corrected chi connectivity index (χ1v) is 5.78. The Morgan fingerprint density at radius 3 is 2.84 bits per heavy atom. The zero-order chi connectivity index (χ0) is 13.8. The van der Waals surface area contributed by atoms with Crippen molar-refractivity contribution in [2.75, 3.05) is 6.54 Å². The molecule has 0 unspecified atom stereocenters. The van der Waals surface area contributed by atoms with Crippen molar-refractivity contribution >= 4 is 5.91 Å². The van der Waals surface area contributed by atoms with Crippen LogP contribution in [0, 0.1) is 11.6 Å². The fourth-order valence-corrected chi connectivity index (χ4v) is 1.67. The molecule has 2 aromatic rings. The number of aryl methyl sites for hydroxylation is 1. The van der Waals surface area contributed by atoms with Gasteiger partial charge in [0, 0.05) is 26.2 Å². The third-order valence-electron chi connectivity index (χ3n) is 2.63. The molecule has 1 aromatic carbocycles. The highest BCUT2D eigenvalue weighted by Crippen LogP contribution is 2.10. The number of aromatic nitrogens is 2. The van der Waals surface area contributed by atoms with Crippen LogP contribution in [0.4, 0.5) is 8.78 Å². The van der Waals surface area contributed by atoms with Gasteiger partial charge in [0.25, 0.3) is 5.91 Å². The van der Waals surface area contributed by atoms with Crippen LogP contribution in [0.5, 0.6) is 0 Å². The molecule has 0 fully saturated rings. The molecule has 4 nitrogen and oxygen atoms in total. The van der Waals surface area contributed by atoms with E-state index in [1.165, 1.54) is 12.1 Å². The van der Waals surface area contributed by atoms with Crippen LogP contribution in [0.3, 0.4) is 0 Å². The van der Waals surface area contributed by atoms with E-state index in [9.17, 15) is 13.6 Å². The zero-order valence-corrected chi connectivity index (χ0v) is 10.4. The topological polar surface area (TPSA) is 46.9 Å². The Hall–Kier alpha value is -2.24. The molecule has 100 valence electrons. The van der Waals surface area contributed by atoms with E-state index in [0.29, 0.717) is 13.0 Å². The summed E-state index contributed by atoms with van der Waals surface area (Å²) in [5.74, 6) is -2.79. The summed E-state index contributed by atoms with van der Waals surface area (Å²) in [4.78, 5) is 11.7. The van der Waals surface area contributed by atoms with Crippen molar-refractivity contribution < 1.29 is 13.6 Å². The maximum Gasteiger partial charge on any atom is 0.254 e. The summed E-state index contributed by atoms with van der Waals surface area (Å²) in [7, 11) is 1.80. The number of benzene rings is 1. The molecular formula is C13H13F2N3O. The number of hydrogen-bond acceptors (Lipinski definition) is 2. The van der Waals surface area contributed by atoms with E-state index >= 15 is 0 Å². The second kappa shape index (κ2) is 5.60. The number of amides is 1. The van der Waals surface area contributed by atoms with Crippen LogP contribution < -0.4 is 5.32 Å². The summed E-state index contributed by atoms with van der Waals surface area (Å²) >= 11 is 0. The first kappa shape index (κ1) is 13.2. The van der Waals surface area contributed by atoms with E-state index in [4.69, 9.17) is 0 Å². The summed E-state index contributed by atoms with van der Waals surface area (Å²) in [6, 6.07) is 5.34. The Morgan fingerprint density at radius 1 is 1.37 bits per heavy atom. The molecule has 0 atom stereocenters. The van der Waals surface area contributed by atoms with Crippen LogP contribution >= 0.6 is 0 Å². The molecule has 1 N–H and O–H groups in total. The second-order valence-electron chi connectivity index (χ2n) is 4.09. The van der Waals surface area contributed by atoms with Gasteiger partial charge in [-0.05, 0) is 18.2 Å². The van der Waals surface area contributed by atoms with Crippen molar-refractivity contribution in [3.05, 3.63) is 53.4 Å². The van der Waals surface area contributed by atoms with Gasteiger partial charge in [0.15, 0.2) is 11.6 Å². The van der Waals surface area contributed by atoms with Crippen LogP contribution in [0.15, 0.2) is 30.5 Å². The third-order valence-corrected chi connectivity index (χ3v) is 2.63. The number of halogens is 2. The van der Waals surface area contributed by atoms with Gasteiger partial charge >= 0.3 is 0 Å². The number of carbonyl (C=O) groups excluding carboxylic acids is 1. The molecule has 0 aliphatic heterocycles. The highest BCUT2D eigenvalue weighted by atomic mass is 19.2. The first-order valence-electron chi connectivity index (χ1n) is 5.78. The van der Waals surface area contributed by atoms with Crippen LogP contribution in [0.1, 0.15) is 16.1 Å². The van der Waals surface area contributed by atoms with Gasteiger partial charge in [-0.15, -0.1) is 0 Å². The van der Waals surface area contributed by atoms with E-state index in [1.54, 1.807) is 17.9 Å². The lowest BCUT2D eigenvalue weighted by Gasteiger charge is -2.05. The van der Waals surface area contributed by atoms with Gasteiger partial charge in [-0.2, -0.15) is 5.10 Å². The van der Waals surface area contributed by atoms with Crippen molar-refractivity contribution in [1.82, 2.24) is 15.1 Å². The molecule has 1 amide bonds. The van der Waals surface area contributed by atoms with Crippen molar-refractivity contribution in [1.29, 1.82) is 0 Å². The standard InChI is InChI=1S/C13H13F2N3O/c1-18-8-6-9(17-18)5-7-16-13(19)10-3-2-4-11(14)12(10)15/h2-4,6,8H,5,7H2,1H3,(H,16,19). The largest absolute Gasteiger partial charge is 0.352 e. The molecule has 0 aliphatic carbocycles. The number of nitrogens with zero attached hydrogens (tertiary/aromatic N) is 2. The van der Waals surface area contributed by atoms with Gasteiger partial charge in [-0.1, -0.05) is 6.07 Å². The van der Waals surface area contributed by atoms with Gasteiger partial charge < -0.3 is 5.32 Å². The summed E-state index contributed by atoms with van der Waals surface area (Å²) in [5, 5.41) is 6.67. The highest BCUT2D eigenvalue weighted by molar-refractivity contribution is 5.94. The molecule has 0 radical (unpaired) electrons. The Labute approximate surface area is 109 Å². The molecule has 1 heterocycles. The molecule has 6 heteroatoms. The summed E-state index contributed by atoms with van der Waals surface area (Å²) in [5.41, 5.74) is 0.531. The summed E-state index contributed by atoms with van der Waals surface area (Å²) in [6.45, 7) is 0.311. The molecule has 0 aliphatic rings. The van der Waals surface area contributed by atoms with E-state index in [2.05, 4.69) is 10.4 Å². The molecule has 19 heavy (non-hydrogen) atoms. The normalized spacial score (nSPS) is 10.5. The predicted octanol–water partition coefficient (Wildman–Crippen LogP) is 1.67.